The second kappa shape index (κ2) is 7.31. The molecule has 4 unspecified atom stereocenters. The van der Waals surface area contributed by atoms with Crippen molar-refractivity contribution in [2.45, 2.75) is 59.8 Å². The van der Waals surface area contributed by atoms with Crippen molar-refractivity contribution in [2.75, 3.05) is 6.61 Å². The zero-order valence-electron chi connectivity index (χ0n) is 16.2. The third-order valence-corrected chi connectivity index (χ3v) is 6.97. The number of hydrogen-bond donors (Lipinski definition) is 0. The molecule has 25 heavy (non-hydrogen) atoms. The van der Waals surface area contributed by atoms with E-state index >= 15 is 0 Å². The normalized spacial score (nSPS) is 34.7. The molecule has 0 amide bonds. The van der Waals surface area contributed by atoms with Crippen LogP contribution in [0.2, 0.25) is 0 Å². The van der Waals surface area contributed by atoms with Gasteiger partial charge in [0.05, 0.1) is 0 Å². The SMILES string of the molecule is C=CC(=C)CCC1(C)C(C)CCC2(C)C(COC(C)=O)=CC(=O)CC21. The minimum atomic E-state index is -0.298. The predicted molar refractivity (Wildman–Crippen MR) is 101 cm³/mol. The molecule has 3 heteroatoms. The number of rotatable bonds is 6. The molecule has 138 valence electrons. The Labute approximate surface area is 152 Å². The number of hydrogen-bond acceptors (Lipinski definition) is 3. The van der Waals surface area contributed by atoms with Crippen LogP contribution in [0.4, 0.5) is 0 Å². The van der Waals surface area contributed by atoms with E-state index in [4.69, 9.17) is 4.74 Å². The summed E-state index contributed by atoms with van der Waals surface area (Å²) in [4.78, 5) is 23.7. The summed E-state index contributed by atoms with van der Waals surface area (Å²) in [6.07, 6.45) is 8.22. The largest absolute Gasteiger partial charge is 0.461 e. The fourth-order valence-corrected chi connectivity index (χ4v) is 4.89. The maximum Gasteiger partial charge on any atom is 0.302 e. The minimum Gasteiger partial charge on any atom is -0.461 e. The number of fused-ring (bicyclic) bond motifs is 1. The highest BCUT2D eigenvalue weighted by Gasteiger charge is 2.55. The summed E-state index contributed by atoms with van der Waals surface area (Å²) in [5.74, 6) is 0.675. The van der Waals surface area contributed by atoms with Gasteiger partial charge in [0.15, 0.2) is 5.78 Å². The highest BCUT2D eigenvalue weighted by molar-refractivity contribution is 5.92. The van der Waals surface area contributed by atoms with Crippen LogP contribution in [0.25, 0.3) is 0 Å². The summed E-state index contributed by atoms with van der Waals surface area (Å²) in [5.41, 5.74) is 2.02. The second-order valence-corrected chi connectivity index (χ2v) is 8.40. The van der Waals surface area contributed by atoms with Crippen molar-refractivity contribution < 1.29 is 14.3 Å². The molecule has 0 saturated heterocycles. The highest BCUT2D eigenvalue weighted by atomic mass is 16.5. The smallest absolute Gasteiger partial charge is 0.302 e. The third kappa shape index (κ3) is 3.80. The summed E-state index contributed by atoms with van der Waals surface area (Å²) in [7, 11) is 0. The molecule has 2 aliphatic carbocycles. The highest BCUT2D eigenvalue weighted by Crippen LogP contribution is 2.61. The van der Waals surface area contributed by atoms with E-state index in [9.17, 15) is 9.59 Å². The van der Waals surface area contributed by atoms with Crippen molar-refractivity contribution in [3.8, 4) is 0 Å². The molecule has 0 bridgehead atoms. The minimum absolute atomic E-state index is 0.0599. The molecular formula is C22H32O3. The van der Waals surface area contributed by atoms with E-state index < -0.39 is 0 Å². The van der Waals surface area contributed by atoms with Crippen LogP contribution in [-0.2, 0) is 14.3 Å². The molecule has 4 atom stereocenters. The Bertz CT molecular complexity index is 615. The summed E-state index contributed by atoms with van der Waals surface area (Å²) >= 11 is 0. The van der Waals surface area contributed by atoms with Crippen LogP contribution in [0.3, 0.4) is 0 Å². The summed E-state index contributed by atoms with van der Waals surface area (Å²) in [6.45, 7) is 16.4. The molecule has 0 N–H and O–H groups in total. The molecule has 1 saturated carbocycles. The Morgan fingerprint density at radius 1 is 1.44 bits per heavy atom. The quantitative estimate of drug-likeness (QED) is 0.501. The average Bonchev–Trinajstić information content (AvgIpc) is 2.56. The number of carbonyl (C=O) groups excluding carboxylic acids is 2. The predicted octanol–water partition coefficient (Wildman–Crippen LogP) is 5.03. The Morgan fingerprint density at radius 3 is 2.72 bits per heavy atom. The van der Waals surface area contributed by atoms with Gasteiger partial charge < -0.3 is 4.74 Å². The lowest BCUT2D eigenvalue weighted by Crippen LogP contribution is -2.51. The van der Waals surface area contributed by atoms with E-state index in [1.54, 1.807) is 6.08 Å². The first kappa shape index (κ1) is 19.7. The van der Waals surface area contributed by atoms with E-state index in [0.717, 1.165) is 36.8 Å². The summed E-state index contributed by atoms with van der Waals surface area (Å²) < 4.78 is 5.27. The van der Waals surface area contributed by atoms with Gasteiger partial charge in [-0.25, -0.2) is 0 Å². The van der Waals surface area contributed by atoms with Gasteiger partial charge in [-0.15, -0.1) is 0 Å². The van der Waals surface area contributed by atoms with Gasteiger partial charge in [0, 0.05) is 13.3 Å². The molecule has 0 spiro atoms. The van der Waals surface area contributed by atoms with E-state index in [0.29, 0.717) is 12.3 Å². The van der Waals surface area contributed by atoms with Gasteiger partial charge >= 0.3 is 5.97 Å². The van der Waals surface area contributed by atoms with Crippen molar-refractivity contribution in [3.05, 3.63) is 36.5 Å². The topological polar surface area (TPSA) is 43.4 Å². The molecule has 0 aromatic heterocycles. The zero-order chi connectivity index (χ0) is 18.8. The number of ketones is 1. The number of carbonyl (C=O) groups is 2. The van der Waals surface area contributed by atoms with Crippen LogP contribution in [0, 0.1) is 22.7 Å². The molecule has 0 heterocycles. The number of ether oxygens (including phenoxy) is 1. The maximum absolute atomic E-state index is 12.5. The van der Waals surface area contributed by atoms with Crippen molar-refractivity contribution >= 4 is 11.8 Å². The van der Waals surface area contributed by atoms with Crippen molar-refractivity contribution in [1.29, 1.82) is 0 Å². The van der Waals surface area contributed by atoms with Crippen molar-refractivity contribution in [2.24, 2.45) is 22.7 Å². The van der Waals surface area contributed by atoms with Crippen LogP contribution >= 0.6 is 0 Å². The first-order valence-corrected chi connectivity index (χ1v) is 9.31. The van der Waals surface area contributed by atoms with Crippen molar-refractivity contribution in [3.63, 3.8) is 0 Å². The van der Waals surface area contributed by atoms with Crippen LogP contribution in [0.1, 0.15) is 59.8 Å². The zero-order valence-corrected chi connectivity index (χ0v) is 16.2. The lowest BCUT2D eigenvalue weighted by molar-refractivity contribution is -0.141. The molecule has 0 radical (unpaired) electrons. The average molecular weight is 344 g/mol. The van der Waals surface area contributed by atoms with E-state index in [1.807, 2.05) is 6.08 Å². The van der Waals surface area contributed by atoms with Crippen molar-refractivity contribution in [1.82, 2.24) is 0 Å². The Morgan fingerprint density at radius 2 is 2.12 bits per heavy atom. The Balaban J connectivity index is 2.34. The van der Waals surface area contributed by atoms with Crippen LogP contribution < -0.4 is 0 Å². The Hall–Kier alpha value is -1.64. The molecule has 0 aromatic rings. The van der Waals surface area contributed by atoms with Gasteiger partial charge in [-0.3, -0.25) is 9.59 Å². The van der Waals surface area contributed by atoms with E-state index in [2.05, 4.69) is 33.9 Å². The van der Waals surface area contributed by atoms with Gasteiger partial charge in [-0.05, 0) is 60.0 Å². The molecule has 1 fully saturated rings. The first-order valence-electron chi connectivity index (χ1n) is 9.31. The van der Waals surface area contributed by atoms with Gasteiger partial charge in [0.25, 0.3) is 0 Å². The molecule has 2 aliphatic rings. The molecule has 0 aliphatic heterocycles. The van der Waals surface area contributed by atoms with E-state index in [-0.39, 0.29) is 35.1 Å². The molecular weight excluding hydrogens is 312 g/mol. The third-order valence-electron chi connectivity index (χ3n) is 6.97. The standard InChI is InChI=1S/C22H32O3/c1-7-15(2)8-10-21(5)16(3)9-11-22(6)18(14-25-17(4)23)12-19(24)13-20(21)22/h7,12,16,20H,1-2,8-11,13-14H2,3-6H3. The maximum atomic E-state index is 12.5. The van der Waals surface area contributed by atoms with Gasteiger partial charge in [-0.2, -0.15) is 0 Å². The fourth-order valence-electron chi connectivity index (χ4n) is 4.89. The number of esters is 1. The first-order chi connectivity index (χ1) is 11.6. The van der Waals surface area contributed by atoms with E-state index in [1.165, 1.54) is 6.92 Å². The van der Waals surface area contributed by atoms with Crippen LogP contribution in [-0.4, -0.2) is 18.4 Å². The summed E-state index contributed by atoms with van der Waals surface area (Å²) in [6, 6.07) is 0. The fraction of sp³-hybridized carbons (Fsp3) is 0.636. The van der Waals surface area contributed by atoms with Crippen LogP contribution in [0.15, 0.2) is 36.5 Å². The lowest BCUT2D eigenvalue weighted by Gasteiger charge is -2.57. The second-order valence-electron chi connectivity index (χ2n) is 8.40. The van der Waals surface area contributed by atoms with Gasteiger partial charge in [0.2, 0.25) is 0 Å². The van der Waals surface area contributed by atoms with Gasteiger partial charge in [-0.1, -0.05) is 45.6 Å². The monoisotopic (exact) mass is 344 g/mol. The molecule has 2 rings (SSSR count). The van der Waals surface area contributed by atoms with Gasteiger partial charge in [0.1, 0.15) is 6.61 Å². The van der Waals surface area contributed by atoms with Crippen LogP contribution in [0.5, 0.6) is 0 Å². The Kier molecular flexibility index (Phi) is 5.75. The molecule has 3 nitrogen and oxygen atoms in total. The number of allylic oxidation sites excluding steroid dienone is 3. The lowest BCUT2D eigenvalue weighted by atomic mass is 9.46. The summed E-state index contributed by atoms with van der Waals surface area (Å²) in [5, 5.41) is 0. The molecule has 0 aromatic carbocycles.